The molecule has 2 rings (SSSR count). The molecule has 0 aliphatic carbocycles. The highest BCUT2D eigenvalue weighted by Gasteiger charge is 2.13. The quantitative estimate of drug-likeness (QED) is 0.458. The van der Waals surface area contributed by atoms with Gasteiger partial charge in [0.1, 0.15) is 0 Å². The number of nitrogens with two attached hydrogens (primary N) is 1. The van der Waals surface area contributed by atoms with Crippen LogP contribution in [0.25, 0.3) is 6.08 Å². The zero-order valence-corrected chi connectivity index (χ0v) is 17.3. The molecule has 0 bridgehead atoms. The number of halogens is 2. The number of para-hydroxylation sites is 1. The molecule has 0 saturated heterocycles. The Balaban J connectivity index is 2.08. The van der Waals surface area contributed by atoms with E-state index in [4.69, 9.17) is 10.5 Å². The molecule has 0 spiro atoms. The predicted molar refractivity (Wildman–Crippen MR) is 114 cm³/mol. The van der Waals surface area contributed by atoms with Crippen LogP contribution in [0.15, 0.2) is 48.5 Å². The van der Waals surface area contributed by atoms with Crippen molar-refractivity contribution in [3.05, 3.63) is 59.7 Å². The first-order valence-electron chi connectivity index (χ1n) is 9.66. The predicted octanol–water partition coefficient (Wildman–Crippen LogP) is 2.94. The maximum Gasteiger partial charge on any atom is 0.387 e. The van der Waals surface area contributed by atoms with Crippen molar-refractivity contribution < 1.29 is 32.6 Å². The molecule has 170 valence electrons. The molecule has 0 aromatic heterocycles. The molecular weight excluding hydrogens is 424 g/mol. The van der Waals surface area contributed by atoms with Gasteiger partial charge in [-0.1, -0.05) is 18.2 Å². The minimum atomic E-state index is -2.99. The van der Waals surface area contributed by atoms with Crippen LogP contribution in [0.1, 0.15) is 29.3 Å². The normalized spacial score (nSPS) is 10.8. The van der Waals surface area contributed by atoms with Crippen molar-refractivity contribution in [3.63, 3.8) is 0 Å². The number of rotatable bonds is 11. The lowest BCUT2D eigenvalue weighted by molar-refractivity contribution is -0.118. The summed E-state index contributed by atoms with van der Waals surface area (Å²) in [5.41, 5.74) is 6.05. The summed E-state index contributed by atoms with van der Waals surface area (Å²) in [4.78, 5) is 35.4. The number of amides is 3. The van der Waals surface area contributed by atoms with Crippen LogP contribution in [0.2, 0.25) is 0 Å². The van der Waals surface area contributed by atoms with Crippen LogP contribution in [-0.2, 0) is 9.59 Å². The van der Waals surface area contributed by atoms with Gasteiger partial charge in [0.05, 0.1) is 17.9 Å². The lowest BCUT2D eigenvalue weighted by Crippen LogP contribution is -2.28. The second-order valence-corrected chi connectivity index (χ2v) is 6.36. The number of carbonyl (C=O) groups excluding carboxylic acids is 3. The molecule has 8 nitrogen and oxygen atoms in total. The molecule has 2 aromatic rings. The maximum atomic E-state index is 12.5. The van der Waals surface area contributed by atoms with Crippen molar-refractivity contribution >= 4 is 29.5 Å². The van der Waals surface area contributed by atoms with Crippen molar-refractivity contribution in [2.75, 3.05) is 18.5 Å². The summed E-state index contributed by atoms with van der Waals surface area (Å²) in [7, 11) is 0. The SMILES string of the molecule is CCOc1cc(/C=C/C(=O)Nc2ccccc2C(=O)NCCC(N)=O)ccc1OC(F)F. The maximum absolute atomic E-state index is 12.5. The van der Waals surface area contributed by atoms with Gasteiger partial charge in [-0.3, -0.25) is 14.4 Å². The Bertz CT molecular complexity index is 995. The second kappa shape index (κ2) is 12.0. The Labute approximate surface area is 183 Å². The Morgan fingerprint density at radius 2 is 1.88 bits per heavy atom. The van der Waals surface area contributed by atoms with Gasteiger partial charge in [0.2, 0.25) is 11.8 Å². The van der Waals surface area contributed by atoms with Crippen LogP contribution in [0.4, 0.5) is 14.5 Å². The van der Waals surface area contributed by atoms with E-state index >= 15 is 0 Å². The molecule has 0 heterocycles. The Kier molecular flexibility index (Phi) is 9.15. The van der Waals surface area contributed by atoms with Crippen LogP contribution in [0, 0.1) is 0 Å². The lowest BCUT2D eigenvalue weighted by Gasteiger charge is -2.12. The van der Waals surface area contributed by atoms with Gasteiger partial charge < -0.3 is 25.8 Å². The largest absolute Gasteiger partial charge is 0.490 e. The minimum Gasteiger partial charge on any atom is -0.490 e. The van der Waals surface area contributed by atoms with Gasteiger partial charge in [-0.05, 0) is 42.8 Å². The molecule has 2 aromatic carbocycles. The summed E-state index contributed by atoms with van der Waals surface area (Å²) >= 11 is 0. The van der Waals surface area contributed by atoms with Crippen LogP contribution >= 0.6 is 0 Å². The third kappa shape index (κ3) is 7.71. The van der Waals surface area contributed by atoms with Gasteiger partial charge in [0.15, 0.2) is 11.5 Å². The minimum absolute atomic E-state index is 0.00607. The Morgan fingerprint density at radius 3 is 2.56 bits per heavy atom. The number of nitrogens with one attached hydrogen (secondary N) is 2. The smallest absolute Gasteiger partial charge is 0.387 e. The summed E-state index contributed by atoms with van der Waals surface area (Å²) in [6, 6.07) is 10.6. The third-order valence-electron chi connectivity index (χ3n) is 4.00. The van der Waals surface area contributed by atoms with Gasteiger partial charge in [-0.15, -0.1) is 0 Å². The Morgan fingerprint density at radius 1 is 1.12 bits per heavy atom. The average molecular weight is 447 g/mol. The number of anilines is 1. The molecule has 0 saturated carbocycles. The molecule has 32 heavy (non-hydrogen) atoms. The summed E-state index contributed by atoms with van der Waals surface area (Å²) in [6.45, 7) is -0.978. The first kappa shape index (κ1) is 24.3. The molecule has 0 unspecified atom stereocenters. The van der Waals surface area contributed by atoms with E-state index in [-0.39, 0.29) is 42.3 Å². The molecule has 4 N–H and O–H groups in total. The summed E-state index contributed by atoms with van der Waals surface area (Å²) < 4.78 is 34.7. The second-order valence-electron chi connectivity index (χ2n) is 6.36. The number of primary amides is 1. The van der Waals surface area contributed by atoms with Crippen molar-refractivity contribution in [3.8, 4) is 11.5 Å². The fourth-order valence-electron chi connectivity index (χ4n) is 2.62. The summed E-state index contributed by atoms with van der Waals surface area (Å²) in [6.07, 6.45) is 2.67. The molecule has 0 aliphatic rings. The monoisotopic (exact) mass is 447 g/mol. The van der Waals surface area contributed by atoms with Gasteiger partial charge >= 0.3 is 6.61 Å². The molecule has 0 radical (unpaired) electrons. The Hall–Kier alpha value is -3.95. The standard InChI is InChI=1S/C22H23F2N3O5/c1-2-31-18-13-14(7-9-17(18)32-22(23)24)8-10-20(29)27-16-6-4-3-5-15(16)21(30)26-12-11-19(25)28/h3-10,13,22H,2,11-12H2,1H3,(H2,25,28)(H,26,30)(H,27,29)/b10-8+. The number of ether oxygens (including phenoxy) is 2. The van der Waals surface area contributed by atoms with Gasteiger partial charge in [-0.2, -0.15) is 8.78 Å². The third-order valence-corrected chi connectivity index (χ3v) is 4.00. The number of alkyl halides is 2. The number of hydrogen-bond acceptors (Lipinski definition) is 5. The molecule has 0 atom stereocenters. The molecule has 3 amide bonds. The van der Waals surface area contributed by atoms with Crippen LogP contribution < -0.4 is 25.8 Å². The van der Waals surface area contributed by atoms with Gasteiger partial charge in [-0.25, -0.2) is 0 Å². The zero-order valence-electron chi connectivity index (χ0n) is 17.3. The van der Waals surface area contributed by atoms with E-state index in [9.17, 15) is 23.2 Å². The van der Waals surface area contributed by atoms with E-state index in [1.807, 2.05) is 0 Å². The van der Waals surface area contributed by atoms with E-state index in [2.05, 4.69) is 15.4 Å². The van der Waals surface area contributed by atoms with Crippen LogP contribution in [0.3, 0.4) is 0 Å². The number of carbonyl (C=O) groups is 3. The van der Waals surface area contributed by atoms with Crippen molar-refractivity contribution in [1.29, 1.82) is 0 Å². The highest BCUT2D eigenvalue weighted by Crippen LogP contribution is 2.30. The highest BCUT2D eigenvalue weighted by molar-refractivity contribution is 6.07. The molecule has 0 aliphatic heterocycles. The van der Waals surface area contributed by atoms with E-state index in [1.54, 1.807) is 25.1 Å². The van der Waals surface area contributed by atoms with Crippen molar-refractivity contribution in [1.82, 2.24) is 5.32 Å². The first-order chi connectivity index (χ1) is 15.3. The van der Waals surface area contributed by atoms with Crippen LogP contribution in [0.5, 0.6) is 11.5 Å². The van der Waals surface area contributed by atoms with E-state index in [0.717, 1.165) is 0 Å². The fourth-order valence-corrected chi connectivity index (χ4v) is 2.62. The van der Waals surface area contributed by atoms with E-state index in [0.29, 0.717) is 5.56 Å². The van der Waals surface area contributed by atoms with Gasteiger partial charge in [0.25, 0.3) is 5.91 Å². The van der Waals surface area contributed by atoms with E-state index < -0.39 is 24.3 Å². The molecule has 10 heteroatoms. The van der Waals surface area contributed by atoms with Crippen molar-refractivity contribution in [2.24, 2.45) is 5.73 Å². The van der Waals surface area contributed by atoms with Gasteiger partial charge in [0, 0.05) is 19.0 Å². The molecular formula is C22H23F2N3O5. The molecule has 0 fully saturated rings. The average Bonchev–Trinajstić information content (AvgIpc) is 2.73. The summed E-state index contributed by atoms with van der Waals surface area (Å²) in [5, 5.41) is 5.16. The fraction of sp³-hybridized carbons (Fsp3) is 0.227. The number of hydrogen-bond donors (Lipinski definition) is 3. The van der Waals surface area contributed by atoms with Crippen LogP contribution in [-0.4, -0.2) is 37.5 Å². The van der Waals surface area contributed by atoms with E-state index in [1.165, 1.54) is 36.4 Å². The first-order valence-corrected chi connectivity index (χ1v) is 9.66. The van der Waals surface area contributed by atoms with Crippen molar-refractivity contribution in [2.45, 2.75) is 20.0 Å². The highest BCUT2D eigenvalue weighted by atomic mass is 19.3. The topological polar surface area (TPSA) is 120 Å². The summed E-state index contributed by atoms with van der Waals surface area (Å²) in [5.74, 6) is -1.53. The number of benzene rings is 2. The lowest BCUT2D eigenvalue weighted by atomic mass is 10.1. The zero-order chi connectivity index (χ0) is 23.5.